The van der Waals surface area contributed by atoms with Crippen LogP contribution in [0.25, 0.3) is 0 Å². The van der Waals surface area contributed by atoms with Crippen LogP contribution < -0.4 is 5.32 Å². The fraction of sp³-hybridized carbons (Fsp3) is 0.364. The molecule has 2 aromatic rings. The molecule has 8 nitrogen and oxygen atoms in total. The van der Waals surface area contributed by atoms with Crippen LogP contribution in [0, 0.1) is 0 Å². The highest BCUT2D eigenvalue weighted by molar-refractivity contribution is 7.10. The molecular formula is C11H13N5O3S. The van der Waals surface area contributed by atoms with Gasteiger partial charge in [0.25, 0.3) is 0 Å². The minimum Gasteiger partial charge on any atom is -0.469 e. The minimum absolute atomic E-state index is 0.00392. The predicted molar refractivity (Wildman–Crippen MR) is 69.7 cm³/mol. The first-order valence-corrected chi connectivity index (χ1v) is 6.67. The van der Waals surface area contributed by atoms with E-state index in [1.54, 1.807) is 0 Å². The number of thiophene rings is 1. The Bertz CT molecular complexity index is 555. The van der Waals surface area contributed by atoms with E-state index >= 15 is 0 Å². The van der Waals surface area contributed by atoms with Crippen molar-refractivity contribution in [1.82, 2.24) is 25.5 Å². The highest BCUT2D eigenvalue weighted by atomic mass is 32.1. The van der Waals surface area contributed by atoms with Gasteiger partial charge in [0.2, 0.25) is 5.91 Å². The fourth-order valence-electron chi connectivity index (χ4n) is 1.60. The molecule has 0 aliphatic carbocycles. The van der Waals surface area contributed by atoms with Gasteiger partial charge in [-0.2, -0.15) is 0 Å². The summed E-state index contributed by atoms with van der Waals surface area (Å²) in [6, 6.07) is 3.30. The number of carbonyl (C=O) groups is 2. The van der Waals surface area contributed by atoms with E-state index in [4.69, 9.17) is 0 Å². The number of esters is 1. The molecule has 2 rings (SSSR count). The number of nitrogens with zero attached hydrogens (tertiary/aromatic N) is 4. The Balaban J connectivity index is 2.00. The molecule has 1 atom stereocenters. The Kier molecular flexibility index (Phi) is 4.77. The normalized spacial score (nSPS) is 11.8. The van der Waals surface area contributed by atoms with Gasteiger partial charge in [0.15, 0.2) is 0 Å². The largest absolute Gasteiger partial charge is 0.469 e. The van der Waals surface area contributed by atoms with E-state index in [0.717, 1.165) is 4.88 Å². The van der Waals surface area contributed by atoms with Crippen LogP contribution in [0.4, 0.5) is 0 Å². The Morgan fingerprint density at radius 2 is 2.40 bits per heavy atom. The number of carbonyl (C=O) groups excluding carboxylic acids is 2. The van der Waals surface area contributed by atoms with Crippen LogP contribution in [0.1, 0.15) is 17.3 Å². The van der Waals surface area contributed by atoms with E-state index in [0.29, 0.717) is 0 Å². The number of nitrogens with one attached hydrogen (secondary N) is 1. The Labute approximate surface area is 118 Å². The lowest BCUT2D eigenvalue weighted by molar-refractivity contribution is -0.141. The number of methoxy groups -OCH3 is 1. The van der Waals surface area contributed by atoms with E-state index in [2.05, 4.69) is 25.6 Å². The SMILES string of the molecule is COC(=O)CC(NC(=O)Cn1cnnn1)c1cccs1. The number of hydrogen-bond donors (Lipinski definition) is 1. The third-order valence-corrected chi connectivity index (χ3v) is 3.50. The maximum atomic E-state index is 11.9. The van der Waals surface area contributed by atoms with Gasteiger partial charge < -0.3 is 10.1 Å². The van der Waals surface area contributed by atoms with E-state index in [9.17, 15) is 9.59 Å². The van der Waals surface area contributed by atoms with Gasteiger partial charge in [-0.25, -0.2) is 4.68 Å². The fourth-order valence-corrected chi connectivity index (χ4v) is 2.38. The van der Waals surface area contributed by atoms with Crippen LogP contribution >= 0.6 is 11.3 Å². The molecule has 1 amide bonds. The molecule has 0 radical (unpaired) electrons. The second kappa shape index (κ2) is 6.75. The molecule has 0 aromatic carbocycles. The molecular weight excluding hydrogens is 282 g/mol. The summed E-state index contributed by atoms with van der Waals surface area (Å²) in [4.78, 5) is 24.2. The Morgan fingerprint density at radius 1 is 1.55 bits per heavy atom. The zero-order valence-electron chi connectivity index (χ0n) is 10.7. The molecule has 0 aliphatic rings. The summed E-state index contributed by atoms with van der Waals surface area (Å²) in [5, 5.41) is 15.2. The zero-order chi connectivity index (χ0) is 14.4. The monoisotopic (exact) mass is 295 g/mol. The lowest BCUT2D eigenvalue weighted by atomic mass is 10.1. The summed E-state index contributed by atoms with van der Waals surface area (Å²) >= 11 is 1.46. The van der Waals surface area contributed by atoms with Crippen molar-refractivity contribution < 1.29 is 14.3 Å². The highest BCUT2D eigenvalue weighted by Gasteiger charge is 2.20. The average molecular weight is 295 g/mol. The van der Waals surface area contributed by atoms with Gasteiger partial charge in [-0.1, -0.05) is 6.07 Å². The first kappa shape index (κ1) is 14.1. The molecule has 0 spiro atoms. The number of ether oxygens (including phenoxy) is 1. The van der Waals surface area contributed by atoms with Gasteiger partial charge in [-0.05, 0) is 21.9 Å². The lowest BCUT2D eigenvalue weighted by Gasteiger charge is -2.16. The summed E-state index contributed by atoms with van der Waals surface area (Å²) in [5.74, 6) is -0.661. The molecule has 0 fully saturated rings. The number of rotatable bonds is 6. The van der Waals surface area contributed by atoms with Crippen LogP contribution in [0.5, 0.6) is 0 Å². The Hall–Kier alpha value is -2.29. The van der Waals surface area contributed by atoms with Gasteiger partial charge in [0.05, 0.1) is 19.6 Å². The second-order valence-electron chi connectivity index (χ2n) is 3.92. The Morgan fingerprint density at radius 3 is 3.00 bits per heavy atom. The average Bonchev–Trinajstić information content (AvgIpc) is 3.10. The van der Waals surface area contributed by atoms with Crippen molar-refractivity contribution in [3.8, 4) is 0 Å². The number of amides is 1. The van der Waals surface area contributed by atoms with Gasteiger partial charge in [0, 0.05) is 4.88 Å². The van der Waals surface area contributed by atoms with E-state index in [-0.39, 0.29) is 24.8 Å². The zero-order valence-corrected chi connectivity index (χ0v) is 11.5. The third-order valence-electron chi connectivity index (χ3n) is 2.52. The number of tetrazole rings is 1. The van der Waals surface area contributed by atoms with Crippen molar-refractivity contribution >= 4 is 23.2 Å². The molecule has 0 bridgehead atoms. The molecule has 0 saturated heterocycles. The molecule has 2 aromatic heterocycles. The molecule has 0 saturated carbocycles. The number of aromatic nitrogens is 4. The molecule has 9 heteroatoms. The summed E-state index contributed by atoms with van der Waals surface area (Å²) in [5.41, 5.74) is 0. The van der Waals surface area contributed by atoms with E-state index in [1.165, 1.54) is 29.5 Å². The van der Waals surface area contributed by atoms with Crippen LogP contribution in [0.3, 0.4) is 0 Å². The smallest absolute Gasteiger partial charge is 0.307 e. The van der Waals surface area contributed by atoms with Crippen molar-refractivity contribution in [2.45, 2.75) is 19.0 Å². The molecule has 2 heterocycles. The quantitative estimate of drug-likeness (QED) is 0.762. The van der Waals surface area contributed by atoms with E-state index < -0.39 is 6.04 Å². The first-order chi connectivity index (χ1) is 9.69. The second-order valence-corrected chi connectivity index (χ2v) is 4.90. The summed E-state index contributed by atoms with van der Waals surface area (Å²) in [6.45, 7) is -0.00392. The van der Waals surface area contributed by atoms with E-state index in [1.807, 2.05) is 17.5 Å². The molecule has 106 valence electrons. The first-order valence-electron chi connectivity index (χ1n) is 5.79. The molecule has 20 heavy (non-hydrogen) atoms. The van der Waals surface area contributed by atoms with Crippen LogP contribution in [0.2, 0.25) is 0 Å². The predicted octanol–water partition coefficient (Wildman–Crippen LogP) is 0.155. The standard InChI is InChI=1S/C11H13N5O3S/c1-19-11(18)5-8(9-3-2-4-20-9)13-10(17)6-16-7-12-14-15-16/h2-4,7-8H,5-6H2,1H3,(H,13,17). The maximum Gasteiger partial charge on any atom is 0.307 e. The van der Waals surface area contributed by atoms with Crippen LogP contribution in [-0.4, -0.2) is 39.2 Å². The van der Waals surface area contributed by atoms with Crippen molar-refractivity contribution in [3.05, 3.63) is 28.7 Å². The molecule has 1 unspecified atom stereocenters. The van der Waals surface area contributed by atoms with Gasteiger partial charge in [0.1, 0.15) is 12.9 Å². The molecule has 0 aliphatic heterocycles. The van der Waals surface area contributed by atoms with Gasteiger partial charge in [-0.15, -0.1) is 16.4 Å². The third kappa shape index (κ3) is 3.85. The number of hydrogen-bond acceptors (Lipinski definition) is 7. The van der Waals surface area contributed by atoms with Crippen molar-refractivity contribution in [1.29, 1.82) is 0 Å². The van der Waals surface area contributed by atoms with Crippen molar-refractivity contribution in [2.24, 2.45) is 0 Å². The van der Waals surface area contributed by atoms with Crippen molar-refractivity contribution in [3.63, 3.8) is 0 Å². The lowest BCUT2D eigenvalue weighted by Crippen LogP contribution is -2.32. The van der Waals surface area contributed by atoms with Crippen molar-refractivity contribution in [2.75, 3.05) is 7.11 Å². The topological polar surface area (TPSA) is 99.0 Å². The summed E-state index contributed by atoms with van der Waals surface area (Å²) < 4.78 is 5.95. The summed E-state index contributed by atoms with van der Waals surface area (Å²) in [6.07, 6.45) is 1.43. The van der Waals surface area contributed by atoms with Gasteiger partial charge in [-0.3, -0.25) is 9.59 Å². The minimum atomic E-state index is -0.411. The van der Waals surface area contributed by atoms with Crippen LogP contribution in [-0.2, 0) is 20.9 Å². The maximum absolute atomic E-state index is 11.9. The van der Waals surface area contributed by atoms with Crippen LogP contribution in [0.15, 0.2) is 23.8 Å². The molecule has 1 N–H and O–H groups in total. The van der Waals surface area contributed by atoms with Gasteiger partial charge >= 0.3 is 5.97 Å². The summed E-state index contributed by atoms with van der Waals surface area (Å²) in [7, 11) is 1.32. The highest BCUT2D eigenvalue weighted by Crippen LogP contribution is 2.22.